The molecule has 5 aromatic rings. The maximum atomic E-state index is 11.4. The molecule has 2 aromatic heterocycles. The molecule has 8 nitrogen and oxygen atoms in total. The zero-order valence-corrected chi connectivity index (χ0v) is 21.2. The van der Waals surface area contributed by atoms with Crippen LogP contribution in [0.5, 0.6) is 5.75 Å². The first-order valence-corrected chi connectivity index (χ1v) is 12.3. The Morgan fingerprint density at radius 3 is 2.47 bits per heavy atom. The highest BCUT2D eigenvalue weighted by Gasteiger charge is 2.24. The lowest BCUT2D eigenvalue weighted by Gasteiger charge is -2.14. The molecular weight excluding hydrogens is 502 g/mol. The van der Waals surface area contributed by atoms with Crippen LogP contribution in [-0.4, -0.2) is 28.3 Å². The van der Waals surface area contributed by atoms with Crippen LogP contribution in [0, 0.1) is 0 Å². The maximum absolute atomic E-state index is 11.4. The summed E-state index contributed by atoms with van der Waals surface area (Å²) in [6, 6.07) is 26.2. The summed E-state index contributed by atoms with van der Waals surface area (Å²) in [6.07, 6.45) is 1.85. The fourth-order valence-corrected chi connectivity index (χ4v) is 4.21. The molecular formula is C29H24ClN5O3. The highest BCUT2D eigenvalue weighted by molar-refractivity contribution is 6.31. The number of pyridine rings is 1. The molecule has 3 aromatic carbocycles. The molecule has 38 heavy (non-hydrogen) atoms. The van der Waals surface area contributed by atoms with E-state index in [0.29, 0.717) is 40.2 Å². The molecule has 5 rings (SSSR count). The highest BCUT2D eigenvalue weighted by Crippen LogP contribution is 2.32. The molecule has 0 aliphatic rings. The number of aromatic nitrogens is 3. The number of ether oxygens (including phenoxy) is 1. The molecule has 1 amide bonds. The van der Waals surface area contributed by atoms with Gasteiger partial charge in [-0.25, -0.2) is 4.79 Å². The third-order valence-corrected chi connectivity index (χ3v) is 6.24. The van der Waals surface area contributed by atoms with E-state index in [9.17, 15) is 4.79 Å². The molecule has 0 aliphatic heterocycles. The largest absolute Gasteiger partial charge is 0.420 e. The Balaban J connectivity index is 1.45. The number of nitrogens with zero attached hydrogens (tertiary/aromatic N) is 3. The van der Waals surface area contributed by atoms with Crippen LogP contribution in [0.1, 0.15) is 23.1 Å². The van der Waals surface area contributed by atoms with Gasteiger partial charge in [0.25, 0.3) is 0 Å². The van der Waals surface area contributed by atoms with Gasteiger partial charge in [-0.2, -0.15) is 0 Å². The monoisotopic (exact) mass is 525 g/mol. The summed E-state index contributed by atoms with van der Waals surface area (Å²) in [7, 11) is 1.50. The van der Waals surface area contributed by atoms with Gasteiger partial charge in [-0.1, -0.05) is 48.0 Å². The topological polar surface area (TPSA) is 116 Å². The van der Waals surface area contributed by atoms with Crippen LogP contribution in [0.4, 0.5) is 10.5 Å². The van der Waals surface area contributed by atoms with E-state index in [0.717, 1.165) is 22.4 Å². The number of anilines is 1. The SMILES string of the molecule is CNC(=O)Oc1ccc(-c2nnc(C(Cc3ccccc3)c3ccc(-c4cc(Cl)ccc4N)cn3)o2)cc1. The van der Waals surface area contributed by atoms with Crippen LogP contribution >= 0.6 is 11.6 Å². The predicted molar refractivity (Wildman–Crippen MR) is 146 cm³/mol. The van der Waals surface area contributed by atoms with E-state index in [1.54, 1.807) is 42.6 Å². The molecule has 2 heterocycles. The van der Waals surface area contributed by atoms with Crippen LogP contribution in [0.25, 0.3) is 22.6 Å². The number of nitrogens with one attached hydrogen (secondary N) is 1. The van der Waals surface area contributed by atoms with Crippen molar-refractivity contribution in [2.75, 3.05) is 12.8 Å². The lowest BCUT2D eigenvalue weighted by atomic mass is 9.94. The molecule has 0 aliphatic carbocycles. The van der Waals surface area contributed by atoms with Crippen molar-refractivity contribution in [1.82, 2.24) is 20.5 Å². The summed E-state index contributed by atoms with van der Waals surface area (Å²) in [5.74, 6) is 0.921. The average molecular weight is 526 g/mol. The zero-order valence-electron chi connectivity index (χ0n) is 20.5. The summed E-state index contributed by atoms with van der Waals surface area (Å²) >= 11 is 6.18. The van der Waals surface area contributed by atoms with E-state index < -0.39 is 6.09 Å². The lowest BCUT2D eigenvalue weighted by Crippen LogP contribution is -2.21. The molecule has 0 fully saturated rings. The van der Waals surface area contributed by atoms with Gasteiger partial charge < -0.3 is 20.2 Å². The summed E-state index contributed by atoms with van der Waals surface area (Å²) in [4.78, 5) is 16.2. The van der Waals surface area contributed by atoms with Gasteiger partial charge in [-0.15, -0.1) is 10.2 Å². The number of halogens is 1. The number of nitrogens with two attached hydrogens (primary N) is 1. The summed E-state index contributed by atoms with van der Waals surface area (Å²) in [6.45, 7) is 0. The number of nitrogen functional groups attached to an aromatic ring is 1. The Kier molecular flexibility index (Phi) is 7.33. The van der Waals surface area contributed by atoms with Crippen LogP contribution in [0.15, 0.2) is 95.5 Å². The van der Waals surface area contributed by atoms with E-state index in [2.05, 4.69) is 27.6 Å². The molecule has 0 radical (unpaired) electrons. The first-order chi connectivity index (χ1) is 18.5. The second-order valence-electron chi connectivity index (χ2n) is 8.55. The number of carbonyl (C=O) groups is 1. The maximum Gasteiger partial charge on any atom is 0.412 e. The minimum Gasteiger partial charge on any atom is -0.420 e. The van der Waals surface area contributed by atoms with Crippen molar-refractivity contribution < 1.29 is 13.9 Å². The van der Waals surface area contributed by atoms with E-state index in [1.165, 1.54) is 7.05 Å². The number of carbonyl (C=O) groups excluding carboxylic acids is 1. The van der Waals surface area contributed by atoms with Crippen LogP contribution < -0.4 is 15.8 Å². The van der Waals surface area contributed by atoms with Gasteiger partial charge in [-0.05, 0) is 60.5 Å². The standard InChI is InChI=1S/C29H24ClN5O3/c1-32-29(36)37-22-11-7-19(8-12-22)27-34-35-28(38-27)24(15-18-5-3-2-4-6-18)26-14-9-20(17-33-26)23-16-21(30)10-13-25(23)31/h2-14,16-17,24H,15,31H2,1H3,(H,32,36). The Morgan fingerprint density at radius 1 is 1.00 bits per heavy atom. The third-order valence-electron chi connectivity index (χ3n) is 6.01. The van der Waals surface area contributed by atoms with E-state index in [1.807, 2.05) is 36.4 Å². The fourth-order valence-electron chi connectivity index (χ4n) is 4.03. The van der Waals surface area contributed by atoms with Gasteiger partial charge in [0.05, 0.1) is 11.6 Å². The molecule has 0 saturated heterocycles. The van der Waals surface area contributed by atoms with Gasteiger partial charge in [0.15, 0.2) is 0 Å². The number of rotatable bonds is 7. The predicted octanol–water partition coefficient (Wildman–Crippen LogP) is 6.13. The Hall–Kier alpha value is -4.69. The van der Waals surface area contributed by atoms with Crippen molar-refractivity contribution in [1.29, 1.82) is 0 Å². The second-order valence-corrected chi connectivity index (χ2v) is 8.99. The van der Waals surface area contributed by atoms with Crippen molar-refractivity contribution in [3.05, 3.63) is 113 Å². The second kappa shape index (κ2) is 11.1. The van der Waals surface area contributed by atoms with E-state index >= 15 is 0 Å². The number of benzene rings is 3. The van der Waals surface area contributed by atoms with Gasteiger partial charge in [-0.3, -0.25) is 4.98 Å². The molecule has 0 bridgehead atoms. The Labute approximate surface area is 224 Å². The number of hydrogen-bond donors (Lipinski definition) is 2. The van der Waals surface area contributed by atoms with Crippen molar-refractivity contribution in [3.63, 3.8) is 0 Å². The Bertz CT molecular complexity index is 1540. The normalized spacial score (nSPS) is 11.6. The summed E-state index contributed by atoms with van der Waals surface area (Å²) in [5, 5.41) is 11.7. The van der Waals surface area contributed by atoms with Crippen LogP contribution in [0.3, 0.4) is 0 Å². The number of hydrogen-bond acceptors (Lipinski definition) is 7. The molecule has 9 heteroatoms. The fraction of sp³-hybridized carbons (Fsp3) is 0.103. The van der Waals surface area contributed by atoms with Crippen molar-refractivity contribution in [2.24, 2.45) is 0 Å². The van der Waals surface area contributed by atoms with Gasteiger partial charge in [0, 0.05) is 40.6 Å². The minimum absolute atomic E-state index is 0.278. The van der Waals surface area contributed by atoms with Crippen molar-refractivity contribution in [3.8, 4) is 28.3 Å². The molecule has 1 atom stereocenters. The highest BCUT2D eigenvalue weighted by atomic mass is 35.5. The van der Waals surface area contributed by atoms with Gasteiger partial charge in [0.1, 0.15) is 5.75 Å². The van der Waals surface area contributed by atoms with E-state index in [4.69, 9.17) is 31.5 Å². The lowest BCUT2D eigenvalue weighted by molar-refractivity contribution is 0.203. The summed E-state index contributed by atoms with van der Waals surface area (Å²) < 4.78 is 11.3. The van der Waals surface area contributed by atoms with Gasteiger partial charge >= 0.3 is 6.09 Å². The van der Waals surface area contributed by atoms with Crippen LogP contribution in [0.2, 0.25) is 5.02 Å². The van der Waals surface area contributed by atoms with Crippen LogP contribution in [-0.2, 0) is 6.42 Å². The van der Waals surface area contributed by atoms with Gasteiger partial charge in [0.2, 0.25) is 11.8 Å². The third kappa shape index (κ3) is 5.66. The number of amides is 1. The first-order valence-electron chi connectivity index (χ1n) is 11.9. The van der Waals surface area contributed by atoms with Crippen molar-refractivity contribution in [2.45, 2.75) is 12.3 Å². The smallest absolute Gasteiger partial charge is 0.412 e. The van der Waals surface area contributed by atoms with Crippen molar-refractivity contribution >= 4 is 23.4 Å². The molecule has 3 N–H and O–H groups in total. The molecule has 0 saturated carbocycles. The van der Waals surface area contributed by atoms with E-state index in [-0.39, 0.29) is 5.92 Å². The average Bonchev–Trinajstić information content (AvgIpc) is 3.44. The summed E-state index contributed by atoms with van der Waals surface area (Å²) in [5.41, 5.74) is 11.1. The molecule has 1 unspecified atom stereocenters. The minimum atomic E-state index is -0.543. The zero-order chi connectivity index (χ0) is 26.5. The Morgan fingerprint density at radius 2 is 1.76 bits per heavy atom. The molecule has 190 valence electrons. The first kappa shape index (κ1) is 25.0. The molecule has 0 spiro atoms. The quantitative estimate of drug-likeness (QED) is 0.245.